The Kier molecular flexibility index (Phi) is 6.58. The molecule has 3 rings (SSSR count). The lowest BCUT2D eigenvalue weighted by Crippen LogP contribution is -2.44. The summed E-state index contributed by atoms with van der Waals surface area (Å²) in [5, 5.41) is 3.72. The molecule has 0 bridgehead atoms. The first-order valence-electron chi connectivity index (χ1n) is 9.84. The van der Waals surface area contributed by atoms with Crippen LogP contribution in [0.1, 0.15) is 51.0 Å². The topological polar surface area (TPSA) is 49.4 Å². The van der Waals surface area contributed by atoms with Crippen LogP contribution in [0.15, 0.2) is 24.3 Å². The first-order valence-corrected chi connectivity index (χ1v) is 10.2. The number of hydrogen-bond acceptors (Lipinski definition) is 2. The number of carbonyl (C=O) groups excluding carboxylic acids is 2. The van der Waals surface area contributed by atoms with E-state index in [9.17, 15) is 9.59 Å². The fourth-order valence-electron chi connectivity index (χ4n) is 4.19. The summed E-state index contributed by atoms with van der Waals surface area (Å²) in [6, 6.07) is 7.53. The van der Waals surface area contributed by atoms with Crippen molar-refractivity contribution in [1.82, 2.24) is 10.2 Å². The summed E-state index contributed by atoms with van der Waals surface area (Å²) in [5.41, 5.74) is 1.05. The summed E-state index contributed by atoms with van der Waals surface area (Å²) >= 11 is 5.88. The van der Waals surface area contributed by atoms with Crippen LogP contribution in [-0.4, -0.2) is 29.8 Å². The van der Waals surface area contributed by atoms with Gasteiger partial charge in [-0.25, -0.2) is 0 Å². The van der Waals surface area contributed by atoms with E-state index in [0.29, 0.717) is 23.4 Å². The second-order valence-electron chi connectivity index (χ2n) is 7.92. The van der Waals surface area contributed by atoms with Gasteiger partial charge in [-0.05, 0) is 62.1 Å². The number of nitrogens with zero attached hydrogens (tertiary/aromatic N) is 1. The van der Waals surface area contributed by atoms with Gasteiger partial charge >= 0.3 is 0 Å². The standard InChI is InChI=1S/C21H29ClN2O2/c1-15-3-2-12-24(14-15)21(26)18-8-6-17(7-9-18)20(25)23-13-16-4-10-19(22)11-5-16/h4-5,10-11,15,17-18H,2-3,6-9,12-14H2,1H3,(H,23,25). The molecule has 1 saturated carbocycles. The van der Waals surface area contributed by atoms with Crippen molar-refractivity contribution in [3.8, 4) is 0 Å². The molecule has 2 fully saturated rings. The highest BCUT2D eigenvalue weighted by Crippen LogP contribution is 2.31. The molecule has 1 saturated heterocycles. The molecule has 1 aliphatic heterocycles. The number of carbonyl (C=O) groups is 2. The smallest absolute Gasteiger partial charge is 0.225 e. The van der Waals surface area contributed by atoms with Gasteiger partial charge in [0, 0.05) is 36.5 Å². The molecule has 26 heavy (non-hydrogen) atoms. The molecule has 0 aromatic heterocycles. The van der Waals surface area contributed by atoms with Crippen LogP contribution in [0.2, 0.25) is 5.02 Å². The minimum Gasteiger partial charge on any atom is -0.352 e. The van der Waals surface area contributed by atoms with Crippen molar-refractivity contribution in [2.75, 3.05) is 13.1 Å². The molecule has 1 aromatic rings. The number of halogens is 1. The first kappa shape index (κ1) is 19.2. The summed E-state index contributed by atoms with van der Waals surface area (Å²) < 4.78 is 0. The molecule has 2 aliphatic rings. The Morgan fingerprint density at radius 2 is 1.73 bits per heavy atom. The predicted molar refractivity (Wildman–Crippen MR) is 104 cm³/mol. The second kappa shape index (κ2) is 8.90. The Labute approximate surface area is 161 Å². The minimum absolute atomic E-state index is 0.0339. The van der Waals surface area contributed by atoms with Gasteiger partial charge < -0.3 is 10.2 Å². The number of likely N-dealkylation sites (tertiary alicyclic amines) is 1. The highest BCUT2D eigenvalue weighted by molar-refractivity contribution is 6.30. The van der Waals surface area contributed by atoms with Crippen LogP contribution in [-0.2, 0) is 16.1 Å². The van der Waals surface area contributed by atoms with Gasteiger partial charge in [-0.15, -0.1) is 0 Å². The third-order valence-corrected chi connectivity index (χ3v) is 6.05. The maximum absolute atomic E-state index is 12.7. The average molecular weight is 377 g/mol. The minimum atomic E-state index is 0.0339. The maximum Gasteiger partial charge on any atom is 0.225 e. The van der Waals surface area contributed by atoms with Gasteiger partial charge in [0.1, 0.15) is 0 Å². The highest BCUT2D eigenvalue weighted by atomic mass is 35.5. The molecule has 4 nitrogen and oxygen atoms in total. The summed E-state index contributed by atoms with van der Waals surface area (Å²) in [5.74, 6) is 1.18. The SMILES string of the molecule is CC1CCCN(C(=O)C2CCC(C(=O)NCc3ccc(Cl)cc3)CC2)C1. The van der Waals surface area contributed by atoms with Crippen LogP contribution in [0, 0.1) is 17.8 Å². The molecule has 142 valence electrons. The van der Waals surface area contributed by atoms with Crippen molar-refractivity contribution >= 4 is 23.4 Å². The van der Waals surface area contributed by atoms with Crippen molar-refractivity contribution in [2.45, 2.75) is 52.0 Å². The average Bonchev–Trinajstić information content (AvgIpc) is 2.67. The van der Waals surface area contributed by atoms with E-state index in [1.165, 1.54) is 6.42 Å². The number of benzene rings is 1. The van der Waals surface area contributed by atoms with Gasteiger partial charge in [0.25, 0.3) is 0 Å². The van der Waals surface area contributed by atoms with Gasteiger partial charge in [-0.1, -0.05) is 30.7 Å². The molecule has 1 atom stereocenters. The van der Waals surface area contributed by atoms with Crippen LogP contribution in [0.5, 0.6) is 0 Å². The van der Waals surface area contributed by atoms with E-state index in [4.69, 9.17) is 11.6 Å². The second-order valence-corrected chi connectivity index (χ2v) is 8.36. The van der Waals surface area contributed by atoms with E-state index in [1.807, 2.05) is 24.3 Å². The first-order chi connectivity index (χ1) is 12.5. The number of nitrogens with one attached hydrogen (secondary N) is 1. The zero-order chi connectivity index (χ0) is 18.5. The molecule has 0 spiro atoms. The lowest BCUT2D eigenvalue weighted by Gasteiger charge is -2.35. The van der Waals surface area contributed by atoms with E-state index < -0.39 is 0 Å². The van der Waals surface area contributed by atoms with Crippen molar-refractivity contribution in [3.63, 3.8) is 0 Å². The third kappa shape index (κ3) is 5.00. The molecule has 5 heteroatoms. The normalized spacial score (nSPS) is 26.4. The Balaban J connectivity index is 1.43. The van der Waals surface area contributed by atoms with Crippen molar-refractivity contribution in [2.24, 2.45) is 17.8 Å². The van der Waals surface area contributed by atoms with Crippen molar-refractivity contribution in [1.29, 1.82) is 0 Å². The lowest BCUT2D eigenvalue weighted by molar-refractivity contribution is -0.140. The summed E-state index contributed by atoms with van der Waals surface area (Å²) in [6.07, 6.45) is 5.64. The van der Waals surface area contributed by atoms with Crippen LogP contribution in [0.4, 0.5) is 0 Å². The van der Waals surface area contributed by atoms with E-state index in [-0.39, 0.29) is 17.7 Å². The molecule has 1 aliphatic carbocycles. The van der Waals surface area contributed by atoms with E-state index in [2.05, 4.69) is 17.1 Å². The van der Waals surface area contributed by atoms with Crippen LogP contribution < -0.4 is 5.32 Å². The van der Waals surface area contributed by atoms with Crippen molar-refractivity contribution in [3.05, 3.63) is 34.9 Å². The van der Waals surface area contributed by atoms with E-state index in [0.717, 1.165) is 50.8 Å². The summed E-state index contributed by atoms with van der Waals surface area (Å²) in [4.78, 5) is 27.2. The number of amides is 2. The molecule has 0 radical (unpaired) electrons. The Morgan fingerprint density at radius 1 is 1.08 bits per heavy atom. The van der Waals surface area contributed by atoms with Gasteiger partial charge in [0.15, 0.2) is 0 Å². The molecular weight excluding hydrogens is 348 g/mol. The van der Waals surface area contributed by atoms with Crippen LogP contribution in [0.3, 0.4) is 0 Å². The Bertz CT molecular complexity index is 623. The largest absolute Gasteiger partial charge is 0.352 e. The zero-order valence-electron chi connectivity index (χ0n) is 15.5. The maximum atomic E-state index is 12.7. The monoisotopic (exact) mass is 376 g/mol. The number of rotatable bonds is 4. The van der Waals surface area contributed by atoms with E-state index in [1.54, 1.807) is 0 Å². The molecule has 2 amide bonds. The van der Waals surface area contributed by atoms with Crippen LogP contribution >= 0.6 is 11.6 Å². The zero-order valence-corrected chi connectivity index (χ0v) is 16.3. The molecular formula is C21H29ClN2O2. The quantitative estimate of drug-likeness (QED) is 0.862. The van der Waals surface area contributed by atoms with Gasteiger partial charge in [0.2, 0.25) is 11.8 Å². The fraction of sp³-hybridized carbons (Fsp3) is 0.619. The molecule has 1 aromatic carbocycles. The predicted octanol–water partition coefficient (Wildman–Crippen LogP) is 4.02. The molecule has 1 unspecified atom stereocenters. The number of piperidine rings is 1. The highest BCUT2D eigenvalue weighted by Gasteiger charge is 2.33. The van der Waals surface area contributed by atoms with Gasteiger partial charge in [0.05, 0.1) is 0 Å². The number of hydrogen-bond donors (Lipinski definition) is 1. The summed E-state index contributed by atoms with van der Waals surface area (Å²) in [6.45, 7) is 4.56. The Hall–Kier alpha value is -1.55. The van der Waals surface area contributed by atoms with Gasteiger partial charge in [-0.3, -0.25) is 9.59 Å². The molecule has 1 heterocycles. The van der Waals surface area contributed by atoms with E-state index >= 15 is 0 Å². The lowest BCUT2D eigenvalue weighted by atomic mass is 9.80. The third-order valence-electron chi connectivity index (χ3n) is 5.80. The van der Waals surface area contributed by atoms with Gasteiger partial charge in [-0.2, -0.15) is 0 Å². The van der Waals surface area contributed by atoms with Crippen molar-refractivity contribution < 1.29 is 9.59 Å². The summed E-state index contributed by atoms with van der Waals surface area (Å²) in [7, 11) is 0. The molecule has 1 N–H and O–H groups in total. The fourth-order valence-corrected chi connectivity index (χ4v) is 4.31. The Morgan fingerprint density at radius 3 is 2.38 bits per heavy atom. The van der Waals surface area contributed by atoms with Crippen LogP contribution in [0.25, 0.3) is 0 Å².